The lowest BCUT2D eigenvalue weighted by molar-refractivity contribution is -0.152. The van der Waals surface area contributed by atoms with E-state index >= 15 is 0 Å². The summed E-state index contributed by atoms with van der Waals surface area (Å²) in [5, 5.41) is 9.46. The Morgan fingerprint density at radius 3 is 2.43 bits per heavy atom. The van der Waals surface area contributed by atoms with Crippen molar-refractivity contribution in [2.75, 3.05) is 13.1 Å². The van der Waals surface area contributed by atoms with Crippen LogP contribution in [0.2, 0.25) is 0 Å². The van der Waals surface area contributed by atoms with Crippen molar-refractivity contribution in [1.82, 2.24) is 4.31 Å². The summed E-state index contributed by atoms with van der Waals surface area (Å²) in [6.07, 6.45) is 2.18. The van der Waals surface area contributed by atoms with Gasteiger partial charge in [0.2, 0.25) is 0 Å². The zero-order valence-corrected chi connectivity index (χ0v) is 14.0. The largest absolute Gasteiger partial charge is 0.481 e. The van der Waals surface area contributed by atoms with E-state index in [1.165, 1.54) is 15.6 Å². The van der Waals surface area contributed by atoms with Crippen LogP contribution in [0, 0.1) is 12.3 Å². The van der Waals surface area contributed by atoms with E-state index < -0.39 is 21.4 Å². The Labute approximate surface area is 129 Å². The lowest BCUT2D eigenvalue weighted by atomic mass is 9.75. The highest BCUT2D eigenvalue weighted by Crippen LogP contribution is 2.38. The number of piperidine rings is 1. The number of sulfonamides is 1. The Balaban J connectivity index is 2.15. The third kappa shape index (κ3) is 3.14. The van der Waals surface area contributed by atoms with Gasteiger partial charge < -0.3 is 5.11 Å². The Bertz CT molecular complexity index is 613. The molecule has 0 aliphatic carbocycles. The second-order valence-electron chi connectivity index (χ2n) is 5.60. The van der Waals surface area contributed by atoms with Crippen LogP contribution in [0.1, 0.15) is 37.5 Å². The van der Waals surface area contributed by atoms with Crippen molar-refractivity contribution in [1.29, 1.82) is 0 Å². The first kappa shape index (κ1) is 16.5. The molecule has 2 heterocycles. The van der Waals surface area contributed by atoms with Crippen molar-refractivity contribution < 1.29 is 18.3 Å². The van der Waals surface area contributed by atoms with E-state index in [9.17, 15) is 18.3 Å². The Morgan fingerprint density at radius 1 is 1.38 bits per heavy atom. The summed E-state index contributed by atoms with van der Waals surface area (Å²) in [6.45, 7) is 4.40. The molecule has 0 saturated carbocycles. The van der Waals surface area contributed by atoms with E-state index in [-0.39, 0.29) is 13.1 Å². The fourth-order valence-electron chi connectivity index (χ4n) is 2.88. The molecule has 1 aromatic heterocycles. The van der Waals surface area contributed by atoms with Gasteiger partial charge in [-0.2, -0.15) is 4.31 Å². The number of carbonyl (C=O) groups is 1. The van der Waals surface area contributed by atoms with Crippen LogP contribution in [0.25, 0.3) is 0 Å². The minimum atomic E-state index is -3.47. The standard InChI is InChI=1S/C14H21NO4S2/c1-3-6-14(13(16)17)7-9-15(10-8-14)21(18,19)12-5-4-11(2)20-12/h4-5H,3,6-10H2,1-2H3,(H,16,17). The van der Waals surface area contributed by atoms with Crippen LogP contribution in [0.4, 0.5) is 0 Å². The Morgan fingerprint density at radius 2 is 2.00 bits per heavy atom. The summed E-state index contributed by atoms with van der Waals surface area (Å²) >= 11 is 1.26. The van der Waals surface area contributed by atoms with Gasteiger partial charge in [0.05, 0.1) is 5.41 Å². The second-order valence-corrected chi connectivity index (χ2v) is 9.06. The van der Waals surface area contributed by atoms with E-state index in [4.69, 9.17) is 0 Å². The van der Waals surface area contributed by atoms with E-state index in [2.05, 4.69) is 0 Å². The lowest BCUT2D eigenvalue weighted by Crippen LogP contribution is -2.46. The van der Waals surface area contributed by atoms with Crippen molar-refractivity contribution in [3.05, 3.63) is 17.0 Å². The van der Waals surface area contributed by atoms with Gasteiger partial charge >= 0.3 is 5.97 Å². The van der Waals surface area contributed by atoms with E-state index in [0.717, 1.165) is 11.3 Å². The van der Waals surface area contributed by atoms with Gasteiger partial charge in [0.25, 0.3) is 10.0 Å². The molecule has 1 aliphatic rings. The third-order valence-corrected chi connectivity index (χ3v) is 7.54. The first-order chi connectivity index (χ1) is 9.82. The smallest absolute Gasteiger partial charge is 0.309 e. The number of rotatable bonds is 5. The molecule has 1 aliphatic heterocycles. The molecule has 2 rings (SSSR count). The molecule has 1 aromatic rings. The van der Waals surface area contributed by atoms with Gasteiger partial charge in [-0.25, -0.2) is 8.42 Å². The van der Waals surface area contributed by atoms with Gasteiger partial charge in [0.15, 0.2) is 0 Å². The van der Waals surface area contributed by atoms with Crippen LogP contribution in [-0.2, 0) is 14.8 Å². The molecule has 0 bridgehead atoms. The van der Waals surface area contributed by atoms with Gasteiger partial charge in [-0.05, 0) is 38.3 Å². The van der Waals surface area contributed by atoms with E-state index in [1.54, 1.807) is 12.1 Å². The van der Waals surface area contributed by atoms with Gasteiger partial charge in [0.1, 0.15) is 4.21 Å². The van der Waals surface area contributed by atoms with Crippen LogP contribution in [0.15, 0.2) is 16.3 Å². The average molecular weight is 331 g/mol. The van der Waals surface area contributed by atoms with E-state index in [1.807, 2.05) is 13.8 Å². The van der Waals surface area contributed by atoms with Crippen LogP contribution in [0.3, 0.4) is 0 Å². The van der Waals surface area contributed by atoms with Crippen molar-refractivity contribution in [3.63, 3.8) is 0 Å². The molecular weight excluding hydrogens is 310 g/mol. The molecule has 0 radical (unpaired) electrons. The molecule has 0 unspecified atom stereocenters. The maximum absolute atomic E-state index is 12.5. The number of aryl methyl sites for hydroxylation is 1. The zero-order valence-electron chi connectivity index (χ0n) is 12.3. The molecule has 5 nitrogen and oxygen atoms in total. The van der Waals surface area contributed by atoms with Crippen LogP contribution in [-0.4, -0.2) is 36.9 Å². The zero-order chi connectivity index (χ0) is 15.7. The van der Waals surface area contributed by atoms with Crippen molar-refractivity contribution in [2.24, 2.45) is 5.41 Å². The molecular formula is C14H21NO4S2. The number of thiophene rings is 1. The Hall–Kier alpha value is -0.920. The molecule has 0 aromatic carbocycles. The molecule has 1 N–H and O–H groups in total. The van der Waals surface area contributed by atoms with Gasteiger partial charge in [-0.15, -0.1) is 11.3 Å². The third-order valence-electron chi connectivity index (χ3n) is 4.17. The molecule has 7 heteroatoms. The molecule has 0 atom stereocenters. The quantitative estimate of drug-likeness (QED) is 0.900. The highest BCUT2D eigenvalue weighted by Gasteiger charge is 2.43. The average Bonchev–Trinajstić information content (AvgIpc) is 2.87. The molecule has 1 fully saturated rings. The SMILES string of the molecule is CCCC1(C(=O)O)CCN(S(=O)(=O)c2ccc(C)s2)CC1. The summed E-state index contributed by atoms with van der Waals surface area (Å²) < 4.78 is 26.8. The molecule has 0 spiro atoms. The van der Waals surface area contributed by atoms with Gasteiger partial charge in [-0.1, -0.05) is 13.3 Å². The lowest BCUT2D eigenvalue weighted by Gasteiger charge is -2.37. The van der Waals surface area contributed by atoms with Crippen molar-refractivity contribution >= 4 is 27.3 Å². The van der Waals surface area contributed by atoms with E-state index in [0.29, 0.717) is 23.5 Å². The summed E-state index contributed by atoms with van der Waals surface area (Å²) in [4.78, 5) is 12.5. The fraction of sp³-hybridized carbons (Fsp3) is 0.643. The topological polar surface area (TPSA) is 74.7 Å². The first-order valence-electron chi connectivity index (χ1n) is 7.12. The van der Waals surface area contributed by atoms with Gasteiger partial charge in [-0.3, -0.25) is 4.79 Å². The number of carboxylic acids is 1. The second kappa shape index (κ2) is 6.06. The maximum Gasteiger partial charge on any atom is 0.309 e. The summed E-state index contributed by atoms with van der Waals surface area (Å²) in [7, 11) is -3.47. The monoisotopic (exact) mass is 331 g/mol. The molecule has 21 heavy (non-hydrogen) atoms. The minimum absolute atomic E-state index is 0.283. The van der Waals surface area contributed by atoms with Gasteiger partial charge in [0, 0.05) is 18.0 Å². The highest BCUT2D eigenvalue weighted by atomic mass is 32.2. The predicted molar refractivity (Wildman–Crippen MR) is 82.0 cm³/mol. The number of nitrogens with zero attached hydrogens (tertiary/aromatic N) is 1. The van der Waals surface area contributed by atoms with Crippen LogP contribution >= 0.6 is 11.3 Å². The summed E-state index contributed by atoms with van der Waals surface area (Å²) in [6, 6.07) is 3.42. The van der Waals surface area contributed by atoms with Crippen molar-refractivity contribution in [3.8, 4) is 0 Å². The predicted octanol–water partition coefficient (Wildman–Crippen LogP) is 2.71. The van der Waals surface area contributed by atoms with Crippen molar-refractivity contribution in [2.45, 2.75) is 43.7 Å². The maximum atomic E-state index is 12.5. The van der Waals surface area contributed by atoms with Crippen LogP contribution < -0.4 is 0 Å². The number of carboxylic acid groups (broad SMARTS) is 1. The highest BCUT2D eigenvalue weighted by molar-refractivity contribution is 7.91. The van der Waals surface area contributed by atoms with Crippen LogP contribution in [0.5, 0.6) is 0 Å². The number of aliphatic carboxylic acids is 1. The Kier molecular flexibility index (Phi) is 4.75. The normalized spacial score (nSPS) is 19.5. The molecule has 0 amide bonds. The number of hydrogen-bond acceptors (Lipinski definition) is 4. The number of hydrogen-bond donors (Lipinski definition) is 1. The first-order valence-corrected chi connectivity index (χ1v) is 9.37. The summed E-state index contributed by atoms with van der Waals surface area (Å²) in [5.41, 5.74) is -0.758. The summed E-state index contributed by atoms with van der Waals surface area (Å²) in [5.74, 6) is -0.798. The molecule has 118 valence electrons. The molecule has 1 saturated heterocycles. The fourth-order valence-corrected chi connectivity index (χ4v) is 5.76. The minimum Gasteiger partial charge on any atom is -0.481 e.